The zero-order chi connectivity index (χ0) is 11.5. The summed E-state index contributed by atoms with van der Waals surface area (Å²) in [6.07, 6.45) is 1.24. The summed E-state index contributed by atoms with van der Waals surface area (Å²) in [7, 11) is 0. The van der Waals surface area contributed by atoms with Gasteiger partial charge in [0.25, 0.3) is 0 Å². The molecular weight excluding hydrogens is 226 g/mol. The van der Waals surface area contributed by atoms with Gasteiger partial charge in [-0.05, 0) is 30.7 Å². The van der Waals surface area contributed by atoms with E-state index in [2.05, 4.69) is 5.16 Å². The first-order valence-electron chi connectivity index (χ1n) is 4.74. The summed E-state index contributed by atoms with van der Waals surface area (Å²) in [6.45, 7) is 1.94. The summed E-state index contributed by atoms with van der Waals surface area (Å²) in [4.78, 5) is 0. The van der Waals surface area contributed by atoms with Crippen molar-refractivity contribution in [3.8, 4) is 11.3 Å². The van der Waals surface area contributed by atoms with Gasteiger partial charge in [0, 0.05) is 10.6 Å². The van der Waals surface area contributed by atoms with E-state index in [1.165, 1.54) is 6.21 Å². The Labute approximate surface area is 98.0 Å². The first-order chi connectivity index (χ1) is 7.70. The lowest BCUT2D eigenvalue weighted by atomic mass is 10.1. The van der Waals surface area contributed by atoms with Crippen molar-refractivity contribution in [2.75, 3.05) is 0 Å². The fourth-order valence-electron chi connectivity index (χ4n) is 1.38. The molecule has 0 saturated carbocycles. The average Bonchev–Trinajstić information content (AvgIpc) is 2.71. The highest BCUT2D eigenvalue weighted by atomic mass is 35.5. The van der Waals surface area contributed by atoms with Crippen molar-refractivity contribution in [3.05, 3.63) is 46.7 Å². The van der Waals surface area contributed by atoms with Crippen LogP contribution >= 0.6 is 11.6 Å². The molecule has 0 unspecified atom stereocenters. The first-order valence-corrected chi connectivity index (χ1v) is 5.12. The van der Waals surface area contributed by atoms with Crippen molar-refractivity contribution >= 4 is 17.8 Å². The first kappa shape index (κ1) is 10.8. The maximum absolute atomic E-state index is 8.37. The molecule has 0 aliphatic carbocycles. The van der Waals surface area contributed by atoms with Crippen LogP contribution in [-0.4, -0.2) is 11.4 Å². The number of benzene rings is 1. The van der Waals surface area contributed by atoms with Crippen LogP contribution in [-0.2, 0) is 0 Å². The van der Waals surface area contributed by atoms with Gasteiger partial charge in [-0.2, -0.15) is 0 Å². The van der Waals surface area contributed by atoms with Crippen LogP contribution < -0.4 is 0 Å². The Hall–Kier alpha value is -1.74. The van der Waals surface area contributed by atoms with Crippen LogP contribution in [0.2, 0.25) is 5.02 Å². The second-order valence-corrected chi connectivity index (χ2v) is 3.82. The number of halogens is 1. The number of rotatable bonds is 2. The summed E-state index contributed by atoms with van der Waals surface area (Å²) in [5, 5.41) is 12.0. The third kappa shape index (κ3) is 2.09. The van der Waals surface area contributed by atoms with Crippen molar-refractivity contribution in [2.24, 2.45) is 5.16 Å². The Morgan fingerprint density at radius 1 is 1.31 bits per heavy atom. The van der Waals surface area contributed by atoms with E-state index in [0.717, 1.165) is 11.1 Å². The lowest BCUT2D eigenvalue weighted by Crippen LogP contribution is -1.78. The highest BCUT2D eigenvalue weighted by Crippen LogP contribution is 2.26. The number of aryl methyl sites for hydroxylation is 1. The molecule has 0 amide bonds. The van der Waals surface area contributed by atoms with E-state index in [1.807, 2.05) is 25.1 Å². The van der Waals surface area contributed by atoms with E-state index in [0.29, 0.717) is 16.5 Å². The van der Waals surface area contributed by atoms with Crippen molar-refractivity contribution in [3.63, 3.8) is 0 Å². The van der Waals surface area contributed by atoms with Gasteiger partial charge in [0.1, 0.15) is 17.7 Å². The predicted octanol–water partition coefficient (Wildman–Crippen LogP) is 3.72. The topological polar surface area (TPSA) is 45.7 Å². The molecule has 4 heteroatoms. The molecule has 0 atom stereocenters. The van der Waals surface area contributed by atoms with Crippen molar-refractivity contribution in [2.45, 2.75) is 6.92 Å². The molecule has 0 aliphatic rings. The van der Waals surface area contributed by atoms with Crippen LogP contribution in [0.5, 0.6) is 0 Å². The maximum atomic E-state index is 8.37. The largest absolute Gasteiger partial charge is 0.455 e. The SMILES string of the molecule is Cc1ccc(-c2ccc(/C=N/O)o2)cc1Cl. The number of hydrogen-bond donors (Lipinski definition) is 1. The molecule has 0 fully saturated rings. The van der Waals surface area contributed by atoms with E-state index in [9.17, 15) is 0 Å². The summed E-state index contributed by atoms with van der Waals surface area (Å²) in [5.74, 6) is 1.19. The smallest absolute Gasteiger partial charge is 0.149 e. The summed E-state index contributed by atoms with van der Waals surface area (Å²) in [5.41, 5.74) is 1.92. The third-order valence-electron chi connectivity index (χ3n) is 2.27. The minimum atomic E-state index is 0.495. The van der Waals surface area contributed by atoms with Gasteiger partial charge < -0.3 is 9.62 Å². The quantitative estimate of drug-likeness (QED) is 0.490. The molecule has 0 spiro atoms. The number of furan rings is 1. The highest BCUT2D eigenvalue weighted by Gasteiger charge is 2.05. The normalized spacial score (nSPS) is 11.1. The Kier molecular flexibility index (Phi) is 2.97. The highest BCUT2D eigenvalue weighted by molar-refractivity contribution is 6.31. The van der Waals surface area contributed by atoms with Crippen LogP contribution in [0.1, 0.15) is 11.3 Å². The van der Waals surface area contributed by atoms with Gasteiger partial charge in [-0.15, -0.1) is 0 Å². The van der Waals surface area contributed by atoms with Crippen LogP contribution in [0.4, 0.5) is 0 Å². The lowest BCUT2D eigenvalue weighted by Gasteiger charge is -2.00. The van der Waals surface area contributed by atoms with E-state index in [4.69, 9.17) is 21.2 Å². The zero-order valence-corrected chi connectivity index (χ0v) is 9.40. The van der Waals surface area contributed by atoms with Crippen LogP contribution in [0.3, 0.4) is 0 Å². The molecule has 0 aliphatic heterocycles. The second kappa shape index (κ2) is 4.41. The predicted molar refractivity (Wildman–Crippen MR) is 63.3 cm³/mol. The van der Waals surface area contributed by atoms with Gasteiger partial charge in [-0.3, -0.25) is 0 Å². The molecule has 82 valence electrons. The molecule has 16 heavy (non-hydrogen) atoms. The minimum Gasteiger partial charge on any atom is -0.455 e. The molecule has 0 saturated heterocycles. The van der Waals surface area contributed by atoms with E-state index in [1.54, 1.807) is 12.1 Å². The van der Waals surface area contributed by atoms with Crippen molar-refractivity contribution in [1.29, 1.82) is 0 Å². The van der Waals surface area contributed by atoms with E-state index < -0.39 is 0 Å². The van der Waals surface area contributed by atoms with Gasteiger partial charge in [-0.1, -0.05) is 28.9 Å². The van der Waals surface area contributed by atoms with Crippen LogP contribution in [0.25, 0.3) is 11.3 Å². The minimum absolute atomic E-state index is 0.495. The molecular formula is C12H10ClNO2. The Balaban J connectivity index is 2.38. The fourth-order valence-corrected chi connectivity index (χ4v) is 1.56. The van der Waals surface area contributed by atoms with Crippen molar-refractivity contribution in [1.82, 2.24) is 0 Å². The average molecular weight is 236 g/mol. The molecule has 2 rings (SSSR count). The van der Waals surface area contributed by atoms with Gasteiger partial charge in [0.05, 0.1) is 0 Å². The number of nitrogens with zero attached hydrogens (tertiary/aromatic N) is 1. The number of oxime groups is 1. The van der Waals surface area contributed by atoms with E-state index >= 15 is 0 Å². The Morgan fingerprint density at radius 2 is 2.12 bits per heavy atom. The molecule has 3 nitrogen and oxygen atoms in total. The zero-order valence-electron chi connectivity index (χ0n) is 8.64. The van der Waals surface area contributed by atoms with Gasteiger partial charge in [0.2, 0.25) is 0 Å². The van der Waals surface area contributed by atoms with Gasteiger partial charge in [-0.25, -0.2) is 0 Å². The van der Waals surface area contributed by atoms with E-state index in [-0.39, 0.29) is 0 Å². The molecule has 0 bridgehead atoms. The summed E-state index contributed by atoms with van der Waals surface area (Å²) >= 11 is 6.02. The second-order valence-electron chi connectivity index (χ2n) is 3.41. The Morgan fingerprint density at radius 3 is 2.81 bits per heavy atom. The lowest BCUT2D eigenvalue weighted by molar-refractivity contribution is 0.321. The van der Waals surface area contributed by atoms with Gasteiger partial charge in [0.15, 0.2) is 0 Å². The third-order valence-corrected chi connectivity index (χ3v) is 2.68. The maximum Gasteiger partial charge on any atom is 0.149 e. The Bertz CT molecular complexity index is 532. The number of hydrogen-bond acceptors (Lipinski definition) is 3. The molecule has 0 radical (unpaired) electrons. The molecule has 1 heterocycles. The standard InChI is InChI=1S/C12H10ClNO2/c1-8-2-3-9(6-11(8)13)12-5-4-10(16-12)7-14-15/h2-7,15H,1H3/b14-7+. The molecule has 1 aromatic heterocycles. The fraction of sp³-hybridized carbons (Fsp3) is 0.0833. The molecule has 1 aromatic carbocycles. The van der Waals surface area contributed by atoms with Crippen LogP contribution in [0.15, 0.2) is 39.9 Å². The molecule has 1 N–H and O–H groups in total. The van der Waals surface area contributed by atoms with Gasteiger partial charge >= 0.3 is 0 Å². The van der Waals surface area contributed by atoms with Crippen LogP contribution in [0, 0.1) is 6.92 Å². The van der Waals surface area contributed by atoms with Crippen molar-refractivity contribution < 1.29 is 9.62 Å². The molecule has 2 aromatic rings. The summed E-state index contributed by atoms with van der Waals surface area (Å²) in [6, 6.07) is 9.23. The summed E-state index contributed by atoms with van der Waals surface area (Å²) < 4.78 is 5.44. The monoisotopic (exact) mass is 235 g/mol.